The molecule has 1 atom stereocenters. The van der Waals surface area contributed by atoms with E-state index in [-0.39, 0.29) is 33.4 Å². The maximum absolute atomic E-state index is 14.1. The molecule has 0 fully saturated rings. The van der Waals surface area contributed by atoms with Crippen LogP contribution in [0, 0.1) is 17.0 Å². The van der Waals surface area contributed by atoms with Crippen LogP contribution in [0.25, 0.3) is 0 Å². The third-order valence-corrected chi connectivity index (χ3v) is 9.12. The van der Waals surface area contributed by atoms with E-state index in [9.17, 15) is 28.1 Å². The number of nitrogens with one attached hydrogen (secondary N) is 1. The molecule has 1 N–H and O–H groups in total. The summed E-state index contributed by atoms with van der Waals surface area (Å²) >= 11 is 12.3. The van der Waals surface area contributed by atoms with Gasteiger partial charge in [-0.25, -0.2) is 8.42 Å². The van der Waals surface area contributed by atoms with E-state index in [4.69, 9.17) is 27.9 Å². The molecule has 11 nitrogen and oxygen atoms in total. The number of nitro benzene ring substituents is 1. The highest BCUT2D eigenvalue weighted by molar-refractivity contribution is 7.92. The molecular formula is C30H34Cl2N4O7S. The van der Waals surface area contributed by atoms with Gasteiger partial charge in [0, 0.05) is 23.7 Å². The van der Waals surface area contributed by atoms with Gasteiger partial charge in [-0.1, -0.05) is 35.3 Å². The number of aryl methyl sites for hydroxylation is 1. The number of hydrogen-bond acceptors (Lipinski definition) is 7. The Labute approximate surface area is 266 Å². The van der Waals surface area contributed by atoms with Crippen LogP contribution < -0.4 is 14.4 Å². The third kappa shape index (κ3) is 8.40. The van der Waals surface area contributed by atoms with Gasteiger partial charge in [-0.15, -0.1) is 0 Å². The third-order valence-electron chi connectivity index (χ3n) is 6.61. The summed E-state index contributed by atoms with van der Waals surface area (Å²) in [6, 6.07) is 13.2. The lowest BCUT2D eigenvalue weighted by Crippen LogP contribution is -2.54. The van der Waals surface area contributed by atoms with Crippen molar-refractivity contribution >= 4 is 56.4 Å². The fraction of sp³-hybridized carbons (Fsp3) is 0.333. The largest absolute Gasteiger partial charge is 0.497 e. The van der Waals surface area contributed by atoms with Crippen LogP contribution in [0.3, 0.4) is 0 Å². The lowest BCUT2D eigenvalue weighted by molar-refractivity contribution is -0.385. The fourth-order valence-corrected chi connectivity index (χ4v) is 6.00. The number of carbonyl (C=O) groups is 2. The molecule has 0 aromatic heterocycles. The molecular weight excluding hydrogens is 631 g/mol. The summed E-state index contributed by atoms with van der Waals surface area (Å²) in [4.78, 5) is 39.1. The smallest absolute Gasteiger partial charge is 0.273 e. The number of nitrogens with zero attached hydrogens (tertiary/aromatic N) is 3. The second kappa shape index (κ2) is 13.8. The molecule has 0 heterocycles. The van der Waals surface area contributed by atoms with Crippen LogP contribution in [0.1, 0.15) is 38.8 Å². The van der Waals surface area contributed by atoms with Crippen molar-refractivity contribution in [1.29, 1.82) is 0 Å². The Morgan fingerprint density at radius 2 is 1.66 bits per heavy atom. The number of hydrogen-bond donors (Lipinski definition) is 1. The quantitative estimate of drug-likeness (QED) is 0.203. The van der Waals surface area contributed by atoms with Crippen molar-refractivity contribution in [3.8, 4) is 5.75 Å². The van der Waals surface area contributed by atoms with Crippen LogP contribution in [0.5, 0.6) is 5.75 Å². The average molecular weight is 666 g/mol. The van der Waals surface area contributed by atoms with Crippen LogP contribution in [0.15, 0.2) is 65.6 Å². The summed E-state index contributed by atoms with van der Waals surface area (Å²) in [6.45, 7) is 7.58. The van der Waals surface area contributed by atoms with Gasteiger partial charge in [0.2, 0.25) is 11.8 Å². The standard InChI is InChI=1S/C30H34Cl2N4O7S/c1-19-7-13-24(16-27(19)36(39)40)44(41,42)35(22-9-11-23(43-6)12-10-22)18-28(37)34(20(2)29(38)33-30(3,4)5)17-21-8-14-25(31)26(32)15-21/h7-16,20H,17-18H2,1-6H3,(H,33,38). The number of methoxy groups -OCH3 is 1. The van der Waals surface area contributed by atoms with E-state index in [1.165, 1.54) is 62.3 Å². The summed E-state index contributed by atoms with van der Waals surface area (Å²) in [6.07, 6.45) is 0. The van der Waals surface area contributed by atoms with Gasteiger partial charge in [-0.05, 0) is 82.6 Å². The van der Waals surface area contributed by atoms with E-state index in [1.807, 2.05) is 0 Å². The summed E-state index contributed by atoms with van der Waals surface area (Å²) in [5.41, 5.74) is -0.0735. The lowest BCUT2D eigenvalue weighted by atomic mass is 10.1. The molecule has 44 heavy (non-hydrogen) atoms. The molecule has 0 aliphatic carbocycles. The number of carbonyl (C=O) groups excluding carboxylic acids is 2. The number of benzene rings is 3. The number of rotatable bonds is 11. The molecule has 236 valence electrons. The van der Waals surface area contributed by atoms with Crippen molar-refractivity contribution in [2.75, 3.05) is 18.0 Å². The van der Waals surface area contributed by atoms with Crippen LogP contribution in [0.4, 0.5) is 11.4 Å². The molecule has 0 aliphatic heterocycles. The molecule has 0 bridgehead atoms. The molecule has 3 aromatic carbocycles. The first-order valence-electron chi connectivity index (χ1n) is 13.4. The van der Waals surface area contributed by atoms with Crippen LogP contribution in [-0.4, -0.2) is 55.3 Å². The Hall–Kier alpha value is -3.87. The molecule has 1 unspecified atom stereocenters. The highest BCUT2D eigenvalue weighted by Gasteiger charge is 2.34. The second-order valence-corrected chi connectivity index (χ2v) is 13.8. The maximum Gasteiger partial charge on any atom is 0.273 e. The predicted molar refractivity (Wildman–Crippen MR) is 170 cm³/mol. The number of anilines is 1. The molecule has 3 aromatic rings. The Morgan fingerprint density at radius 3 is 2.20 bits per heavy atom. The Morgan fingerprint density at radius 1 is 1.02 bits per heavy atom. The maximum atomic E-state index is 14.1. The number of sulfonamides is 1. The monoisotopic (exact) mass is 664 g/mol. The second-order valence-electron chi connectivity index (χ2n) is 11.1. The average Bonchev–Trinajstić information content (AvgIpc) is 2.95. The highest BCUT2D eigenvalue weighted by atomic mass is 35.5. The van der Waals surface area contributed by atoms with E-state index < -0.39 is 44.9 Å². The van der Waals surface area contributed by atoms with E-state index >= 15 is 0 Å². The topological polar surface area (TPSA) is 139 Å². The van der Waals surface area contributed by atoms with Gasteiger partial charge >= 0.3 is 0 Å². The zero-order valence-corrected chi connectivity index (χ0v) is 27.5. The van der Waals surface area contributed by atoms with Gasteiger partial charge in [0.1, 0.15) is 18.3 Å². The molecule has 0 spiro atoms. The predicted octanol–water partition coefficient (Wildman–Crippen LogP) is 5.75. The minimum absolute atomic E-state index is 0.0963. The molecule has 0 saturated heterocycles. The number of nitro groups is 1. The van der Waals surface area contributed by atoms with Gasteiger partial charge in [0.05, 0.1) is 32.7 Å². The van der Waals surface area contributed by atoms with Crippen molar-refractivity contribution < 1.29 is 27.7 Å². The van der Waals surface area contributed by atoms with Crippen molar-refractivity contribution in [3.63, 3.8) is 0 Å². The summed E-state index contributed by atoms with van der Waals surface area (Å²) < 4.78 is 34.1. The zero-order valence-electron chi connectivity index (χ0n) is 25.1. The molecule has 14 heteroatoms. The Balaban J connectivity index is 2.11. The minimum atomic E-state index is -4.53. The summed E-state index contributed by atoms with van der Waals surface area (Å²) in [5, 5.41) is 15.0. The molecule has 0 radical (unpaired) electrons. The fourth-order valence-electron chi connectivity index (χ4n) is 4.24. The van der Waals surface area contributed by atoms with Crippen molar-refractivity contribution in [2.24, 2.45) is 0 Å². The van der Waals surface area contributed by atoms with Crippen LogP contribution in [0.2, 0.25) is 10.0 Å². The van der Waals surface area contributed by atoms with Gasteiger partial charge in [-0.2, -0.15) is 0 Å². The van der Waals surface area contributed by atoms with Gasteiger partial charge in [0.15, 0.2) is 0 Å². The number of amides is 2. The molecule has 2 amide bonds. The van der Waals surface area contributed by atoms with E-state index in [2.05, 4.69) is 5.32 Å². The van der Waals surface area contributed by atoms with Crippen molar-refractivity contribution in [3.05, 3.63) is 92.0 Å². The van der Waals surface area contributed by atoms with Gasteiger partial charge < -0.3 is 15.0 Å². The molecule has 0 aliphatic rings. The van der Waals surface area contributed by atoms with E-state index in [0.717, 1.165) is 10.4 Å². The van der Waals surface area contributed by atoms with Crippen LogP contribution >= 0.6 is 23.2 Å². The first kappa shape index (κ1) is 34.6. The van der Waals surface area contributed by atoms with Crippen molar-refractivity contribution in [2.45, 2.75) is 57.6 Å². The lowest BCUT2D eigenvalue weighted by Gasteiger charge is -2.33. The summed E-state index contributed by atoms with van der Waals surface area (Å²) in [7, 11) is -3.09. The van der Waals surface area contributed by atoms with Gasteiger partial charge in [0.25, 0.3) is 15.7 Å². The number of ether oxygens (including phenoxy) is 1. The normalized spacial score (nSPS) is 12.3. The highest BCUT2D eigenvalue weighted by Crippen LogP contribution is 2.30. The minimum Gasteiger partial charge on any atom is -0.497 e. The van der Waals surface area contributed by atoms with E-state index in [1.54, 1.807) is 39.0 Å². The first-order chi connectivity index (χ1) is 20.4. The Kier molecular flexibility index (Phi) is 10.9. The number of halogens is 2. The Bertz CT molecular complexity index is 1660. The van der Waals surface area contributed by atoms with Gasteiger partial charge in [-0.3, -0.25) is 24.0 Å². The SMILES string of the molecule is COc1ccc(N(CC(=O)N(Cc2ccc(Cl)c(Cl)c2)C(C)C(=O)NC(C)(C)C)S(=O)(=O)c2ccc(C)c([N+](=O)[O-])c2)cc1. The zero-order chi connectivity index (χ0) is 33.0. The molecule has 0 saturated carbocycles. The van der Waals surface area contributed by atoms with E-state index in [0.29, 0.717) is 16.3 Å². The molecule has 3 rings (SSSR count). The van der Waals surface area contributed by atoms with Crippen LogP contribution in [-0.2, 0) is 26.2 Å². The van der Waals surface area contributed by atoms with Crippen molar-refractivity contribution in [1.82, 2.24) is 10.2 Å². The summed E-state index contributed by atoms with van der Waals surface area (Å²) in [5.74, 6) is -0.732. The first-order valence-corrected chi connectivity index (χ1v) is 15.6.